The smallest absolute Gasteiger partial charge is 0.217 e. The van der Waals surface area contributed by atoms with Crippen LogP contribution in [0.5, 0.6) is 0 Å². The van der Waals surface area contributed by atoms with E-state index in [0.717, 1.165) is 148 Å². The van der Waals surface area contributed by atoms with Gasteiger partial charge in [-0.05, 0) is 103 Å². The molecular weight excluding hydrogens is 1130 g/mol. The summed E-state index contributed by atoms with van der Waals surface area (Å²) in [4.78, 5) is 6.87. The number of rotatable bonds is 8. The predicted molar refractivity (Wildman–Crippen MR) is 316 cm³/mol. The summed E-state index contributed by atoms with van der Waals surface area (Å²) in [5.74, 6) is -0.983. The number of fused-ring (bicyclic) bond motifs is 10. The molecule has 7 spiro atoms. The van der Waals surface area contributed by atoms with Gasteiger partial charge in [-0.15, -0.1) is 0 Å². The molecule has 0 amide bonds. The lowest BCUT2D eigenvalue weighted by Gasteiger charge is -2.44. The van der Waals surface area contributed by atoms with E-state index in [4.69, 9.17) is 79.5 Å². The van der Waals surface area contributed by atoms with E-state index in [1.54, 1.807) is 0 Å². The van der Waals surface area contributed by atoms with Gasteiger partial charge in [-0.25, -0.2) is 13.1 Å². The van der Waals surface area contributed by atoms with Crippen molar-refractivity contribution in [3.05, 3.63) is 22.8 Å². The second kappa shape index (κ2) is 25.1. The fourth-order valence-electron chi connectivity index (χ4n) is 20.9. The van der Waals surface area contributed by atoms with Gasteiger partial charge in [-0.1, -0.05) is 32.6 Å². The van der Waals surface area contributed by atoms with Crippen molar-refractivity contribution in [1.29, 1.82) is 0 Å². The third-order valence-corrected chi connectivity index (χ3v) is 24.9. The van der Waals surface area contributed by atoms with Gasteiger partial charge in [0.25, 0.3) is 0 Å². The van der Waals surface area contributed by atoms with Gasteiger partial charge < -0.3 is 91.3 Å². The molecule has 18 rings (SSSR count). The third kappa shape index (κ3) is 11.6. The Morgan fingerprint density at radius 2 is 0.682 bits per heavy atom. The highest BCUT2D eigenvalue weighted by atomic mass is 16.8. The SMILES string of the molecule is CCC[C@H]1CC[C@@H]2O[C@@H]3C[C@]2(C[C@H]2OC4(CCCCC4)OC32)O1.OCC[C@H]1CC[C@@H]2O[C@@H]3C[C@]2(C[C@H]2OC4(CCCCC4)OC32)O1.[C-]#[N+]CC[C@H]1CC[C@@H]2O[C@@H]3C[C@]2(C[C@@H](O)C3O)O1.[C-]#[N+]CC[C@H]1CC[C@@H]2O[C@@H]3C[C@]2(C[C@H]2OC4(CCCCC4)OC32)O1. The number of hydrogen-bond donors (Lipinski definition) is 3. The van der Waals surface area contributed by atoms with Gasteiger partial charge in [0, 0.05) is 109 Å². The number of aliphatic hydroxyl groups excluding tert-OH is 3. The summed E-state index contributed by atoms with van der Waals surface area (Å²) in [5.41, 5.74) is -0.907. The van der Waals surface area contributed by atoms with E-state index < -0.39 is 17.8 Å². The molecule has 0 radical (unpaired) electrons. The molecule has 11 heterocycles. The van der Waals surface area contributed by atoms with Crippen molar-refractivity contribution < 1.29 is 81.6 Å². The molecule has 0 aromatic heterocycles. The fourth-order valence-corrected chi connectivity index (χ4v) is 20.9. The highest BCUT2D eigenvalue weighted by molar-refractivity contribution is 5.16. The normalized spacial score (nSPS) is 50.2. The zero-order valence-corrected chi connectivity index (χ0v) is 52.6. The molecule has 18 fully saturated rings. The third-order valence-electron chi connectivity index (χ3n) is 24.9. The van der Waals surface area contributed by atoms with Gasteiger partial charge in [-0.3, -0.25) is 0 Å². The van der Waals surface area contributed by atoms with Gasteiger partial charge >= 0.3 is 0 Å². The second-order valence-electron chi connectivity index (χ2n) is 30.6. The molecule has 4 unspecified atom stereocenters. The van der Waals surface area contributed by atoms with E-state index in [9.17, 15) is 15.3 Å². The summed E-state index contributed by atoms with van der Waals surface area (Å²) in [6.45, 7) is 17.3. The predicted octanol–water partition coefficient (Wildman–Crippen LogP) is 9.72. The highest BCUT2D eigenvalue weighted by Gasteiger charge is 2.69. The quantitative estimate of drug-likeness (QED) is 0.194. The lowest BCUT2D eigenvalue weighted by Crippen LogP contribution is -2.54. The first kappa shape index (κ1) is 62.4. The minimum Gasteiger partial charge on any atom is -0.396 e. The Morgan fingerprint density at radius 3 is 1.03 bits per heavy atom. The van der Waals surface area contributed by atoms with Crippen molar-refractivity contribution in [1.82, 2.24) is 0 Å². The molecular formula is C69H104N2O17. The Bertz CT molecular complexity index is 2410. The maximum absolute atomic E-state index is 9.90. The van der Waals surface area contributed by atoms with Crippen LogP contribution in [-0.4, -0.2) is 197 Å². The van der Waals surface area contributed by atoms with Gasteiger partial charge in [-0.2, -0.15) is 0 Å². The molecule has 492 valence electrons. The standard InChI is InChI=1S/C19H27NO4.C19H30O4.C18H28O5.C13H19NO4/c1-20-10-7-13-5-6-16-18(22-13)11-14(21-16)17-15(12-18)23-19(24-17)8-3-2-4-9-19;1-2-6-13-7-8-16-18(21-13)11-14(20-16)17-15(12-18)22-19(23-17)9-4-3-5-10-19;19-9-6-12-4-5-15-17(21-12)10-13(20-15)16-14(11-17)22-18(23-16)7-2-1-3-8-18;1-14-5-4-8-2-3-11-13(18-8)6-9(15)12(16)10(7-13)17-11/h13-17H,2-12H2;13-17H,2-12H2,1H3;12-16,19H,1-11H2;8-12,15-16H,2-7H2/t13-,14-,15-,16+,17?,18-;13-,14+,15+,16-,17?,18+;12-,13-,14-,15+,16?,17-;8-,9-,10-,11+,12?,13+/m1011/s1. The molecule has 24 atom stereocenters. The topological polar surface area (TPSA) is 199 Å². The summed E-state index contributed by atoms with van der Waals surface area (Å²) in [7, 11) is 0. The molecule has 0 aromatic rings. The van der Waals surface area contributed by atoms with Crippen LogP contribution in [0.2, 0.25) is 0 Å². The first-order chi connectivity index (χ1) is 42.8. The average molecular weight is 1230 g/mol. The minimum absolute atomic E-state index is 0.00140. The summed E-state index contributed by atoms with van der Waals surface area (Å²) in [5, 5.41) is 29.0. The molecule has 7 saturated carbocycles. The Morgan fingerprint density at radius 1 is 0.364 bits per heavy atom. The van der Waals surface area contributed by atoms with Crippen molar-refractivity contribution >= 4 is 0 Å². The van der Waals surface area contributed by atoms with Crippen LogP contribution in [0.3, 0.4) is 0 Å². The summed E-state index contributed by atoms with van der Waals surface area (Å²) >= 11 is 0. The summed E-state index contributed by atoms with van der Waals surface area (Å²) in [6.07, 6.45) is 37.9. The van der Waals surface area contributed by atoms with E-state index >= 15 is 0 Å². The minimum atomic E-state index is -0.786. The van der Waals surface area contributed by atoms with Crippen LogP contribution in [0.25, 0.3) is 9.69 Å². The van der Waals surface area contributed by atoms with Crippen molar-refractivity contribution in [2.45, 2.75) is 400 Å². The molecule has 0 aromatic carbocycles. The van der Waals surface area contributed by atoms with Crippen molar-refractivity contribution in [3.63, 3.8) is 0 Å². The molecule has 19 heteroatoms. The summed E-state index contributed by atoms with van der Waals surface area (Å²) in [6, 6.07) is 0. The van der Waals surface area contributed by atoms with Gasteiger partial charge in [0.1, 0.15) is 24.4 Å². The molecule has 18 aliphatic rings. The first-order valence-corrected chi connectivity index (χ1v) is 35.8. The van der Waals surface area contributed by atoms with Crippen molar-refractivity contribution in [2.24, 2.45) is 0 Å². The fraction of sp³-hybridized carbons (Fsp3) is 0.971. The van der Waals surface area contributed by atoms with Crippen LogP contribution in [0.1, 0.15) is 238 Å². The van der Waals surface area contributed by atoms with Crippen LogP contribution in [0, 0.1) is 13.1 Å². The van der Waals surface area contributed by atoms with Gasteiger partial charge in [0.15, 0.2) is 17.4 Å². The van der Waals surface area contributed by atoms with Crippen molar-refractivity contribution in [2.75, 3.05) is 19.7 Å². The number of aliphatic hydroxyl groups is 3. The van der Waals surface area contributed by atoms with E-state index in [1.807, 2.05) is 0 Å². The van der Waals surface area contributed by atoms with Crippen LogP contribution in [-0.2, 0) is 66.3 Å². The number of nitrogens with zero attached hydrogens (tertiary/aromatic N) is 2. The van der Waals surface area contributed by atoms with Crippen LogP contribution in [0.15, 0.2) is 0 Å². The Balaban J connectivity index is 0.0000000991. The van der Waals surface area contributed by atoms with E-state index in [2.05, 4.69) is 16.6 Å². The van der Waals surface area contributed by atoms with Crippen LogP contribution >= 0.6 is 0 Å². The van der Waals surface area contributed by atoms with E-state index in [-0.39, 0.29) is 145 Å². The maximum atomic E-state index is 9.90. The Hall–Kier alpha value is -1.70. The largest absolute Gasteiger partial charge is 0.396 e. The Labute approximate surface area is 522 Å². The molecule has 3 N–H and O–H groups in total. The number of ether oxygens (including phenoxy) is 14. The lowest BCUT2D eigenvalue weighted by atomic mass is 9.76. The monoisotopic (exact) mass is 1230 g/mol. The van der Waals surface area contributed by atoms with Crippen LogP contribution < -0.4 is 0 Å². The van der Waals surface area contributed by atoms with Crippen LogP contribution in [0.4, 0.5) is 0 Å². The zero-order chi connectivity index (χ0) is 59.9. The maximum Gasteiger partial charge on any atom is 0.217 e. The Kier molecular flexibility index (Phi) is 17.8. The lowest BCUT2D eigenvalue weighted by molar-refractivity contribution is -0.216. The molecule has 11 saturated heterocycles. The second-order valence-corrected chi connectivity index (χ2v) is 30.6. The molecule has 11 aliphatic heterocycles. The van der Waals surface area contributed by atoms with Gasteiger partial charge in [0.05, 0.1) is 120 Å². The first-order valence-electron chi connectivity index (χ1n) is 35.8. The van der Waals surface area contributed by atoms with E-state index in [0.29, 0.717) is 32.0 Å². The highest BCUT2D eigenvalue weighted by Crippen LogP contribution is 2.60. The summed E-state index contributed by atoms with van der Waals surface area (Å²) < 4.78 is 89.8. The molecule has 7 aliphatic carbocycles. The molecule has 19 nitrogen and oxygen atoms in total. The average Bonchev–Trinajstić information content (AvgIpc) is 1.72. The number of hydrogen-bond acceptors (Lipinski definition) is 17. The van der Waals surface area contributed by atoms with Gasteiger partial charge in [0.2, 0.25) is 13.1 Å². The zero-order valence-electron chi connectivity index (χ0n) is 52.6. The van der Waals surface area contributed by atoms with Crippen molar-refractivity contribution in [3.8, 4) is 0 Å². The van der Waals surface area contributed by atoms with E-state index in [1.165, 1.54) is 70.6 Å². The molecule has 8 bridgehead atoms. The molecule has 88 heavy (non-hydrogen) atoms.